The lowest BCUT2D eigenvalue weighted by molar-refractivity contribution is -0.385. The van der Waals surface area contributed by atoms with Crippen LogP contribution >= 0.6 is 15.9 Å². The molecule has 1 saturated heterocycles. The molecule has 7 heteroatoms. The Labute approximate surface area is 132 Å². The zero-order valence-corrected chi connectivity index (χ0v) is 13.5. The van der Waals surface area contributed by atoms with Gasteiger partial charge < -0.3 is 4.90 Å². The molecule has 1 amide bonds. The highest BCUT2D eigenvalue weighted by molar-refractivity contribution is 9.10. The molecule has 0 N–H and O–H groups in total. The highest BCUT2D eigenvalue weighted by atomic mass is 79.9. The minimum atomic E-state index is -0.381. The van der Waals surface area contributed by atoms with Gasteiger partial charge in [-0.15, -0.1) is 0 Å². The average molecular weight is 356 g/mol. The number of halogens is 1. The molecular formula is C14H18BrN3O3. The van der Waals surface area contributed by atoms with E-state index >= 15 is 0 Å². The van der Waals surface area contributed by atoms with Crippen LogP contribution < -0.4 is 0 Å². The van der Waals surface area contributed by atoms with E-state index in [1.54, 1.807) is 19.1 Å². The molecule has 0 bridgehead atoms. The Balaban J connectivity index is 2.03. The molecule has 0 radical (unpaired) electrons. The van der Waals surface area contributed by atoms with Crippen LogP contribution in [0, 0.1) is 10.1 Å². The summed E-state index contributed by atoms with van der Waals surface area (Å²) in [6.45, 7) is 5.45. The molecule has 1 fully saturated rings. The summed E-state index contributed by atoms with van der Waals surface area (Å²) in [6, 6.07) is 5.22. The van der Waals surface area contributed by atoms with Gasteiger partial charge in [0, 0.05) is 45.7 Å². The van der Waals surface area contributed by atoms with Gasteiger partial charge in [-0.25, -0.2) is 0 Å². The molecule has 6 nitrogen and oxygen atoms in total. The van der Waals surface area contributed by atoms with E-state index in [4.69, 9.17) is 0 Å². The third-order valence-corrected chi connectivity index (χ3v) is 4.32. The third kappa shape index (κ3) is 4.25. The number of hydrogen-bond donors (Lipinski definition) is 0. The summed E-state index contributed by atoms with van der Waals surface area (Å²) in [5.74, 6) is 0.108. The van der Waals surface area contributed by atoms with Crippen molar-refractivity contribution < 1.29 is 9.72 Å². The molecule has 1 aliphatic heterocycles. The number of carbonyl (C=O) groups excluding carboxylic acids is 1. The van der Waals surface area contributed by atoms with Crippen LogP contribution in [0.5, 0.6) is 0 Å². The topological polar surface area (TPSA) is 66.7 Å². The zero-order valence-electron chi connectivity index (χ0n) is 11.9. The number of amides is 1. The predicted molar refractivity (Wildman–Crippen MR) is 82.9 cm³/mol. The molecule has 0 atom stereocenters. The molecule has 21 heavy (non-hydrogen) atoms. The standard InChI is InChI=1S/C14H18BrN3O3/c1-11(19)17-6-2-5-16(7-8-17)10-12-3-4-13(15)14(9-12)18(20)21/h3-4,9H,2,5-8,10H2,1H3. The van der Waals surface area contributed by atoms with Gasteiger partial charge in [-0.1, -0.05) is 6.07 Å². The highest BCUT2D eigenvalue weighted by Crippen LogP contribution is 2.26. The van der Waals surface area contributed by atoms with Crippen molar-refractivity contribution in [1.29, 1.82) is 0 Å². The normalized spacial score (nSPS) is 16.6. The summed E-state index contributed by atoms with van der Waals surface area (Å²) in [5, 5.41) is 11.0. The lowest BCUT2D eigenvalue weighted by Crippen LogP contribution is -2.33. The second-order valence-electron chi connectivity index (χ2n) is 5.18. The number of rotatable bonds is 3. The van der Waals surface area contributed by atoms with E-state index in [-0.39, 0.29) is 16.5 Å². The van der Waals surface area contributed by atoms with Crippen molar-refractivity contribution in [2.45, 2.75) is 19.9 Å². The molecule has 0 aromatic heterocycles. The van der Waals surface area contributed by atoms with Crippen LogP contribution in [-0.4, -0.2) is 46.8 Å². The molecule has 1 aromatic rings. The Morgan fingerprint density at radius 2 is 2.10 bits per heavy atom. The van der Waals surface area contributed by atoms with E-state index in [9.17, 15) is 14.9 Å². The van der Waals surface area contributed by atoms with Gasteiger partial charge in [0.1, 0.15) is 0 Å². The highest BCUT2D eigenvalue weighted by Gasteiger charge is 2.18. The van der Waals surface area contributed by atoms with Crippen LogP contribution in [0.2, 0.25) is 0 Å². The predicted octanol–water partition coefficient (Wildman–Crippen LogP) is 2.41. The molecule has 1 heterocycles. The summed E-state index contributed by atoms with van der Waals surface area (Å²) in [6.07, 6.45) is 0.929. The fourth-order valence-electron chi connectivity index (χ4n) is 2.50. The van der Waals surface area contributed by atoms with Gasteiger partial charge in [0.2, 0.25) is 5.91 Å². The molecule has 0 unspecified atom stereocenters. The average Bonchev–Trinajstić information content (AvgIpc) is 2.66. The summed E-state index contributed by atoms with van der Waals surface area (Å²) < 4.78 is 0.495. The van der Waals surface area contributed by atoms with Crippen molar-refractivity contribution in [1.82, 2.24) is 9.80 Å². The molecular weight excluding hydrogens is 338 g/mol. The van der Waals surface area contributed by atoms with Crippen LogP contribution in [0.3, 0.4) is 0 Å². The monoisotopic (exact) mass is 355 g/mol. The summed E-state index contributed by atoms with van der Waals surface area (Å²) >= 11 is 3.19. The van der Waals surface area contributed by atoms with Crippen molar-refractivity contribution >= 4 is 27.5 Å². The maximum absolute atomic E-state index is 11.4. The maximum atomic E-state index is 11.4. The lowest BCUT2D eigenvalue weighted by atomic mass is 10.2. The quantitative estimate of drug-likeness (QED) is 0.616. The first-order valence-electron chi connectivity index (χ1n) is 6.88. The minimum absolute atomic E-state index is 0.0904. The van der Waals surface area contributed by atoms with Crippen LogP contribution in [0.25, 0.3) is 0 Å². The van der Waals surface area contributed by atoms with Crippen molar-refractivity contribution in [3.8, 4) is 0 Å². The Morgan fingerprint density at radius 3 is 2.76 bits per heavy atom. The largest absolute Gasteiger partial charge is 0.342 e. The van der Waals surface area contributed by atoms with Crippen LogP contribution in [0.4, 0.5) is 5.69 Å². The molecule has 114 valence electrons. The minimum Gasteiger partial charge on any atom is -0.342 e. The van der Waals surface area contributed by atoms with Crippen molar-refractivity contribution in [3.63, 3.8) is 0 Å². The van der Waals surface area contributed by atoms with Crippen LogP contribution in [0.1, 0.15) is 18.9 Å². The molecule has 0 spiro atoms. The van der Waals surface area contributed by atoms with Gasteiger partial charge in [0.15, 0.2) is 0 Å². The summed E-state index contributed by atoms with van der Waals surface area (Å²) in [5.41, 5.74) is 1.01. The first-order chi connectivity index (χ1) is 9.97. The SMILES string of the molecule is CC(=O)N1CCCN(Cc2ccc(Br)c([N+](=O)[O-])c2)CC1. The number of nitro benzene ring substituents is 1. The van der Waals surface area contributed by atoms with E-state index in [1.165, 1.54) is 0 Å². The van der Waals surface area contributed by atoms with Crippen LogP contribution in [-0.2, 0) is 11.3 Å². The Kier molecular flexibility index (Phi) is 5.30. The molecule has 2 rings (SSSR count). The zero-order chi connectivity index (χ0) is 15.4. The van der Waals surface area contributed by atoms with E-state index in [2.05, 4.69) is 20.8 Å². The number of hydrogen-bond acceptors (Lipinski definition) is 4. The van der Waals surface area contributed by atoms with Crippen molar-refractivity contribution in [2.24, 2.45) is 0 Å². The fourth-order valence-corrected chi connectivity index (χ4v) is 2.89. The second kappa shape index (κ2) is 7.00. The second-order valence-corrected chi connectivity index (χ2v) is 6.03. The third-order valence-electron chi connectivity index (χ3n) is 3.65. The molecule has 0 saturated carbocycles. The lowest BCUT2D eigenvalue weighted by Gasteiger charge is -2.21. The Morgan fingerprint density at radius 1 is 1.33 bits per heavy atom. The van der Waals surface area contributed by atoms with Crippen molar-refractivity contribution in [3.05, 3.63) is 38.3 Å². The Hall–Kier alpha value is -1.47. The van der Waals surface area contributed by atoms with Crippen molar-refractivity contribution in [2.75, 3.05) is 26.2 Å². The van der Waals surface area contributed by atoms with E-state index in [0.717, 1.165) is 31.6 Å². The molecule has 1 aromatic carbocycles. The van der Waals surface area contributed by atoms with Gasteiger partial charge in [-0.2, -0.15) is 0 Å². The van der Waals surface area contributed by atoms with Gasteiger partial charge in [0.05, 0.1) is 9.40 Å². The first kappa shape index (κ1) is 15.9. The first-order valence-corrected chi connectivity index (χ1v) is 7.67. The van der Waals surface area contributed by atoms with Gasteiger partial charge in [-0.05, 0) is 34.0 Å². The van der Waals surface area contributed by atoms with Crippen LogP contribution in [0.15, 0.2) is 22.7 Å². The fraction of sp³-hybridized carbons (Fsp3) is 0.500. The van der Waals surface area contributed by atoms with E-state index in [0.29, 0.717) is 17.6 Å². The van der Waals surface area contributed by atoms with Gasteiger partial charge >= 0.3 is 0 Å². The van der Waals surface area contributed by atoms with E-state index in [1.807, 2.05) is 11.0 Å². The number of nitrogens with zero attached hydrogens (tertiary/aromatic N) is 3. The summed E-state index contributed by atoms with van der Waals surface area (Å²) in [4.78, 5) is 26.1. The smallest absolute Gasteiger partial charge is 0.283 e. The van der Waals surface area contributed by atoms with Gasteiger partial charge in [-0.3, -0.25) is 19.8 Å². The summed E-state index contributed by atoms with van der Waals surface area (Å²) in [7, 11) is 0. The van der Waals surface area contributed by atoms with Gasteiger partial charge in [0.25, 0.3) is 5.69 Å². The van der Waals surface area contributed by atoms with E-state index < -0.39 is 0 Å². The number of carbonyl (C=O) groups is 1. The number of benzene rings is 1. The number of nitro groups is 1. The molecule has 0 aliphatic carbocycles. The Bertz CT molecular complexity index is 550. The maximum Gasteiger partial charge on any atom is 0.283 e. The molecule has 1 aliphatic rings.